The molecule has 5 heteroatoms. The van der Waals surface area contributed by atoms with Crippen molar-refractivity contribution in [3.63, 3.8) is 0 Å². The van der Waals surface area contributed by atoms with Gasteiger partial charge in [0.15, 0.2) is 5.69 Å². The van der Waals surface area contributed by atoms with Gasteiger partial charge in [-0.2, -0.15) is 5.10 Å². The molecule has 0 aliphatic rings. The van der Waals surface area contributed by atoms with Crippen LogP contribution in [0.2, 0.25) is 0 Å². The number of H-pyrrole nitrogens is 1. The van der Waals surface area contributed by atoms with Gasteiger partial charge in [0.2, 0.25) is 0 Å². The summed E-state index contributed by atoms with van der Waals surface area (Å²) in [4.78, 5) is 12.3. The number of nitrogens with zero attached hydrogens (tertiary/aromatic N) is 1. The van der Waals surface area contributed by atoms with E-state index in [2.05, 4.69) is 36.3 Å². The predicted octanol–water partition coefficient (Wildman–Crippen LogP) is 2.81. The van der Waals surface area contributed by atoms with E-state index in [1.807, 2.05) is 13.8 Å². The smallest absolute Gasteiger partial charge is 0.274 e. The second-order valence-electron chi connectivity index (χ2n) is 5.35. The van der Waals surface area contributed by atoms with E-state index in [1.165, 1.54) is 0 Å². The Bertz CT molecular complexity index is 424. The van der Waals surface area contributed by atoms with Crippen molar-refractivity contribution < 1.29 is 4.79 Å². The highest BCUT2D eigenvalue weighted by atomic mass is 16.2. The van der Waals surface area contributed by atoms with Gasteiger partial charge in [0.05, 0.1) is 11.4 Å². The Labute approximate surface area is 115 Å². The zero-order chi connectivity index (χ0) is 14.6. The lowest BCUT2D eigenvalue weighted by Gasteiger charge is -2.31. The summed E-state index contributed by atoms with van der Waals surface area (Å²) in [5.41, 5.74) is 7.42. The Morgan fingerprint density at radius 2 is 1.84 bits per heavy atom. The van der Waals surface area contributed by atoms with Gasteiger partial charge in [0.25, 0.3) is 5.91 Å². The van der Waals surface area contributed by atoms with Crippen LogP contribution < -0.4 is 11.1 Å². The highest BCUT2D eigenvalue weighted by molar-refractivity contribution is 5.98. The number of hydrogen-bond acceptors (Lipinski definition) is 3. The third kappa shape index (κ3) is 3.08. The number of nitrogen functional groups attached to an aromatic ring is 1. The highest BCUT2D eigenvalue weighted by Gasteiger charge is 2.28. The van der Waals surface area contributed by atoms with E-state index in [4.69, 9.17) is 5.73 Å². The molecule has 5 nitrogen and oxygen atoms in total. The van der Waals surface area contributed by atoms with Crippen LogP contribution in [0.4, 0.5) is 5.69 Å². The van der Waals surface area contributed by atoms with Crippen LogP contribution in [-0.2, 0) is 0 Å². The molecule has 108 valence electrons. The molecule has 0 spiro atoms. The Balaban J connectivity index is 2.95. The number of rotatable bonds is 6. The maximum atomic E-state index is 12.3. The number of carbonyl (C=O) groups excluding carboxylic acids is 1. The van der Waals surface area contributed by atoms with Crippen LogP contribution in [0.25, 0.3) is 0 Å². The van der Waals surface area contributed by atoms with Crippen LogP contribution in [0.15, 0.2) is 0 Å². The number of aromatic amines is 1. The summed E-state index contributed by atoms with van der Waals surface area (Å²) in [5, 5.41) is 10.0. The van der Waals surface area contributed by atoms with E-state index in [-0.39, 0.29) is 17.4 Å². The van der Waals surface area contributed by atoms with Gasteiger partial charge in [-0.05, 0) is 25.2 Å². The average molecular weight is 266 g/mol. The molecule has 0 fully saturated rings. The molecule has 0 bridgehead atoms. The van der Waals surface area contributed by atoms with E-state index in [1.54, 1.807) is 0 Å². The van der Waals surface area contributed by atoms with Crippen LogP contribution in [-0.4, -0.2) is 21.6 Å². The summed E-state index contributed by atoms with van der Waals surface area (Å²) in [6.07, 6.45) is 2.69. The molecular weight excluding hydrogens is 240 g/mol. The zero-order valence-electron chi connectivity index (χ0n) is 12.6. The summed E-state index contributed by atoms with van der Waals surface area (Å²) in [6, 6.07) is 0. The lowest BCUT2D eigenvalue weighted by molar-refractivity contribution is 0.0884. The Morgan fingerprint density at radius 3 is 2.21 bits per heavy atom. The van der Waals surface area contributed by atoms with Crippen molar-refractivity contribution in [2.75, 3.05) is 5.73 Å². The standard InChI is InChI=1S/C14H26N4O/c1-6-14(7-2,8-3)16-13(19)12-10(15)11(9(4)5)17-18-12/h9H,6-8,15H2,1-5H3,(H,16,19)(H,17,18). The molecule has 4 N–H and O–H groups in total. The SMILES string of the molecule is CCC(CC)(CC)NC(=O)c1n[nH]c(C(C)C)c1N. The molecule has 1 heterocycles. The molecule has 0 saturated heterocycles. The van der Waals surface area contributed by atoms with Gasteiger partial charge >= 0.3 is 0 Å². The van der Waals surface area contributed by atoms with Crippen LogP contribution in [0, 0.1) is 0 Å². The number of carbonyl (C=O) groups is 1. The minimum atomic E-state index is -0.189. The van der Waals surface area contributed by atoms with Crippen LogP contribution >= 0.6 is 0 Å². The summed E-state index contributed by atoms with van der Waals surface area (Å²) < 4.78 is 0. The molecule has 0 radical (unpaired) electrons. The first-order valence-corrected chi connectivity index (χ1v) is 7.07. The minimum absolute atomic E-state index is 0.166. The number of nitrogens with two attached hydrogens (primary N) is 1. The Kier molecular flexibility index (Phi) is 4.97. The first-order valence-electron chi connectivity index (χ1n) is 7.07. The molecule has 19 heavy (non-hydrogen) atoms. The topological polar surface area (TPSA) is 83.8 Å². The highest BCUT2D eigenvalue weighted by Crippen LogP contribution is 2.24. The number of aromatic nitrogens is 2. The molecule has 1 amide bonds. The summed E-state index contributed by atoms with van der Waals surface area (Å²) in [7, 11) is 0. The van der Waals surface area contributed by atoms with Crippen molar-refractivity contribution in [1.82, 2.24) is 15.5 Å². The lowest BCUT2D eigenvalue weighted by atomic mass is 9.89. The van der Waals surface area contributed by atoms with E-state index in [0.29, 0.717) is 11.4 Å². The average Bonchev–Trinajstić information content (AvgIpc) is 2.78. The monoisotopic (exact) mass is 266 g/mol. The maximum Gasteiger partial charge on any atom is 0.274 e. The summed E-state index contributed by atoms with van der Waals surface area (Å²) in [6.45, 7) is 10.3. The molecule has 1 aromatic heterocycles. The van der Waals surface area contributed by atoms with Gasteiger partial charge in [0, 0.05) is 5.54 Å². The van der Waals surface area contributed by atoms with E-state index in [0.717, 1.165) is 25.0 Å². The van der Waals surface area contributed by atoms with E-state index >= 15 is 0 Å². The Hall–Kier alpha value is -1.52. The van der Waals surface area contributed by atoms with Crippen LogP contribution in [0.1, 0.15) is 76.0 Å². The fourth-order valence-corrected chi connectivity index (χ4v) is 2.29. The number of hydrogen-bond donors (Lipinski definition) is 3. The van der Waals surface area contributed by atoms with Crippen molar-refractivity contribution in [3.8, 4) is 0 Å². The van der Waals surface area contributed by atoms with Crippen molar-refractivity contribution in [2.45, 2.75) is 65.3 Å². The van der Waals surface area contributed by atoms with Gasteiger partial charge in [-0.25, -0.2) is 0 Å². The number of nitrogens with one attached hydrogen (secondary N) is 2. The predicted molar refractivity (Wildman–Crippen MR) is 78.2 cm³/mol. The van der Waals surface area contributed by atoms with Gasteiger partial charge in [-0.3, -0.25) is 9.89 Å². The maximum absolute atomic E-state index is 12.3. The molecule has 0 aromatic carbocycles. The molecule has 0 aliphatic heterocycles. The molecular formula is C14H26N4O. The third-order valence-electron chi connectivity index (χ3n) is 4.03. The first kappa shape index (κ1) is 15.5. The van der Waals surface area contributed by atoms with Gasteiger partial charge < -0.3 is 11.1 Å². The molecule has 0 unspecified atom stereocenters. The molecule has 0 saturated carbocycles. The number of amides is 1. The minimum Gasteiger partial charge on any atom is -0.395 e. The molecule has 0 aliphatic carbocycles. The van der Waals surface area contributed by atoms with Crippen molar-refractivity contribution in [3.05, 3.63) is 11.4 Å². The number of anilines is 1. The van der Waals surface area contributed by atoms with Crippen LogP contribution in [0.3, 0.4) is 0 Å². The normalized spacial score (nSPS) is 11.9. The van der Waals surface area contributed by atoms with Crippen molar-refractivity contribution in [2.24, 2.45) is 0 Å². The van der Waals surface area contributed by atoms with Gasteiger partial charge in [-0.15, -0.1) is 0 Å². The summed E-state index contributed by atoms with van der Waals surface area (Å²) >= 11 is 0. The van der Waals surface area contributed by atoms with Crippen molar-refractivity contribution >= 4 is 11.6 Å². The van der Waals surface area contributed by atoms with E-state index in [9.17, 15) is 4.79 Å². The second kappa shape index (κ2) is 6.08. The molecule has 1 rings (SSSR count). The molecule has 1 aromatic rings. The fraction of sp³-hybridized carbons (Fsp3) is 0.714. The summed E-state index contributed by atoms with van der Waals surface area (Å²) in [5.74, 6) is 0.0357. The quantitative estimate of drug-likeness (QED) is 0.740. The first-order chi connectivity index (χ1) is 8.90. The Morgan fingerprint density at radius 1 is 1.32 bits per heavy atom. The van der Waals surface area contributed by atoms with Crippen molar-refractivity contribution in [1.29, 1.82) is 0 Å². The van der Waals surface area contributed by atoms with Gasteiger partial charge in [0.1, 0.15) is 0 Å². The zero-order valence-corrected chi connectivity index (χ0v) is 12.6. The third-order valence-corrected chi connectivity index (χ3v) is 4.03. The fourth-order valence-electron chi connectivity index (χ4n) is 2.29. The lowest BCUT2D eigenvalue weighted by Crippen LogP contribution is -2.47. The van der Waals surface area contributed by atoms with E-state index < -0.39 is 0 Å². The second-order valence-corrected chi connectivity index (χ2v) is 5.35. The van der Waals surface area contributed by atoms with Gasteiger partial charge in [-0.1, -0.05) is 34.6 Å². The van der Waals surface area contributed by atoms with Crippen LogP contribution in [0.5, 0.6) is 0 Å². The molecule has 0 atom stereocenters. The largest absolute Gasteiger partial charge is 0.395 e.